The van der Waals surface area contributed by atoms with Crippen LogP contribution >= 0.6 is 0 Å². The highest BCUT2D eigenvalue weighted by Gasteiger charge is 2.25. The third-order valence-corrected chi connectivity index (χ3v) is 4.71. The van der Waals surface area contributed by atoms with Crippen LogP contribution in [-0.2, 0) is 11.3 Å². The SMILES string of the molecule is Cc1ccccc1CN1CCC(C(=O)Nc2cccc(F)c2)CC1. The normalized spacial score (nSPS) is 16.1. The Hall–Kier alpha value is -2.20. The Morgan fingerprint density at radius 3 is 2.62 bits per heavy atom. The average Bonchev–Trinajstić information content (AvgIpc) is 2.57. The largest absolute Gasteiger partial charge is 0.326 e. The second-order valence-electron chi connectivity index (χ2n) is 6.48. The number of aryl methyl sites for hydroxylation is 1. The molecule has 0 aliphatic carbocycles. The lowest BCUT2D eigenvalue weighted by Crippen LogP contribution is -2.37. The van der Waals surface area contributed by atoms with E-state index in [0.29, 0.717) is 5.69 Å². The lowest BCUT2D eigenvalue weighted by molar-refractivity contribution is -0.121. The molecule has 4 heteroatoms. The van der Waals surface area contributed by atoms with Gasteiger partial charge >= 0.3 is 0 Å². The summed E-state index contributed by atoms with van der Waals surface area (Å²) in [4.78, 5) is 14.7. The van der Waals surface area contributed by atoms with Gasteiger partial charge in [-0.25, -0.2) is 4.39 Å². The van der Waals surface area contributed by atoms with Crippen LogP contribution in [0.4, 0.5) is 10.1 Å². The van der Waals surface area contributed by atoms with E-state index in [2.05, 4.69) is 41.4 Å². The molecule has 3 nitrogen and oxygen atoms in total. The molecule has 1 N–H and O–H groups in total. The van der Waals surface area contributed by atoms with Crippen LogP contribution in [0.3, 0.4) is 0 Å². The first-order valence-corrected chi connectivity index (χ1v) is 8.45. The zero-order valence-corrected chi connectivity index (χ0v) is 14.0. The summed E-state index contributed by atoms with van der Waals surface area (Å²) in [7, 11) is 0. The van der Waals surface area contributed by atoms with Gasteiger partial charge in [0.2, 0.25) is 5.91 Å². The summed E-state index contributed by atoms with van der Waals surface area (Å²) in [5, 5.41) is 2.83. The van der Waals surface area contributed by atoms with Crippen LogP contribution in [0.5, 0.6) is 0 Å². The number of likely N-dealkylation sites (tertiary alicyclic amines) is 1. The number of hydrogen-bond donors (Lipinski definition) is 1. The second-order valence-corrected chi connectivity index (χ2v) is 6.48. The van der Waals surface area contributed by atoms with Crippen molar-refractivity contribution >= 4 is 11.6 Å². The summed E-state index contributed by atoms with van der Waals surface area (Å²) in [6, 6.07) is 14.5. The van der Waals surface area contributed by atoms with E-state index in [1.807, 2.05) is 0 Å². The minimum Gasteiger partial charge on any atom is -0.326 e. The van der Waals surface area contributed by atoms with Crippen LogP contribution in [0.25, 0.3) is 0 Å². The Bertz CT molecular complexity index is 708. The maximum absolute atomic E-state index is 13.2. The van der Waals surface area contributed by atoms with Crippen molar-refractivity contribution < 1.29 is 9.18 Å². The smallest absolute Gasteiger partial charge is 0.227 e. The molecule has 3 rings (SSSR count). The highest BCUT2D eigenvalue weighted by atomic mass is 19.1. The number of nitrogens with one attached hydrogen (secondary N) is 1. The molecule has 0 bridgehead atoms. The predicted molar refractivity (Wildman–Crippen MR) is 94.2 cm³/mol. The minimum atomic E-state index is -0.333. The average molecular weight is 326 g/mol. The number of piperidine rings is 1. The molecule has 126 valence electrons. The predicted octanol–water partition coefficient (Wildman–Crippen LogP) is 3.98. The number of halogens is 1. The first-order valence-electron chi connectivity index (χ1n) is 8.45. The van der Waals surface area contributed by atoms with Gasteiger partial charge in [-0.3, -0.25) is 9.69 Å². The molecule has 0 radical (unpaired) electrons. The summed E-state index contributed by atoms with van der Waals surface area (Å²) in [6.07, 6.45) is 1.68. The second kappa shape index (κ2) is 7.58. The molecule has 0 spiro atoms. The van der Waals surface area contributed by atoms with E-state index in [1.165, 1.54) is 23.3 Å². The molecule has 1 aliphatic heterocycles. The molecular weight excluding hydrogens is 303 g/mol. The van der Waals surface area contributed by atoms with E-state index in [4.69, 9.17) is 0 Å². The molecule has 24 heavy (non-hydrogen) atoms. The van der Waals surface area contributed by atoms with Gasteiger partial charge in [0.1, 0.15) is 5.82 Å². The van der Waals surface area contributed by atoms with Gasteiger partial charge in [0.25, 0.3) is 0 Å². The first kappa shape index (κ1) is 16.7. The van der Waals surface area contributed by atoms with Crippen LogP contribution < -0.4 is 5.32 Å². The van der Waals surface area contributed by atoms with Crippen molar-refractivity contribution in [3.05, 3.63) is 65.5 Å². The third kappa shape index (κ3) is 4.20. The Morgan fingerprint density at radius 2 is 1.92 bits per heavy atom. The lowest BCUT2D eigenvalue weighted by Gasteiger charge is -2.31. The van der Waals surface area contributed by atoms with Crippen LogP contribution in [0.15, 0.2) is 48.5 Å². The number of carbonyl (C=O) groups excluding carboxylic acids is 1. The summed E-state index contributed by atoms with van der Waals surface area (Å²) >= 11 is 0. The third-order valence-electron chi connectivity index (χ3n) is 4.71. The van der Waals surface area contributed by atoms with Gasteiger partial charge in [-0.05, 0) is 62.2 Å². The van der Waals surface area contributed by atoms with E-state index in [0.717, 1.165) is 32.5 Å². The maximum atomic E-state index is 13.2. The number of nitrogens with zero attached hydrogens (tertiary/aromatic N) is 1. The van der Waals surface area contributed by atoms with Crippen molar-refractivity contribution in [3.63, 3.8) is 0 Å². The maximum Gasteiger partial charge on any atom is 0.227 e. The fraction of sp³-hybridized carbons (Fsp3) is 0.350. The van der Waals surface area contributed by atoms with Gasteiger partial charge in [0, 0.05) is 18.2 Å². The molecule has 1 fully saturated rings. The summed E-state index contributed by atoms with van der Waals surface area (Å²) < 4.78 is 13.2. The standard InChI is InChI=1S/C20H23FN2O/c1-15-5-2-3-6-17(15)14-23-11-9-16(10-12-23)20(24)22-19-8-4-7-18(21)13-19/h2-8,13,16H,9-12,14H2,1H3,(H,22,24). The Morgan fingerprint density at radius 1 is 1.17 bits per heavy atom. The highest BCUT2D eigenvalue weighted by Crippen LogP contribution is 2.22. The van der Waals surface area contributed by atoms with Gasteiger partial charge in [-0.15, -0.1) is 0 Å². The molecule has 0 aromatic heterocycles. The van der Waals surface area contributed by atoms with E-state index < -0.39 is 0 Å². The molecule has 1 saturated heterocycles. The lowest BCUT2D eigenvalue weighted by atomic mass is 9.95. The summed E-state index contributed by atoms with van der Waals surface area (Å²) in [6.45, 7) is 4.89. The Balaban J connectivity index is 1.51. The van der Waals surface area contributed by atoms with Gasteiger partial charge < -0.3 is 5.32 Å². The zero-order valence-electron chi connectivity index (χ0n) is 14.0. The molecule has 2 aromatic rings. The molecule has 1 amide bonds. The number of carbonyl (C=O) groups is 1. The monoisotopic (exact) mass is 326 g/mol. The fourth-order valence-corrected chi connectivity index (χ4v) is 3.19. The highest BCUT2D eigenvalue weighted by molar-refractivity contribution is 5.92. The zero-order chi connectivity index (χ0) is 16.9. The fourth-order valence-electron chi connectivity index (χ4n) is 3.19. The van der Waals surface area contributed by atoms with Crippen LogP contribution in [0.1, 0.15) is 24.0 Å². The summed E-state index contributed by atoms with van der Waals surface area (Å²) in [5.41, 5.74) is 3.19. The number of amides is 1. The van der Waals surface area contributed by atoms with Crippen molar-refractivity contribution in [1.82, 2.24) is 4.90 Å². The first-order chi connectivity index (χ1) is 11.6. The minimum absolute atomic E-state index is 0.00128. The topological polar surface area (TPSA) is 32.3 Å². The number of anilines is 1. The van der Waals surface area contributed by atoms with Gasteiger partial charge in [-0.2, -0.15) is 0 Å². The molecular formula is C20H23FN2O. The van der Waals surface area contributed by atoms with Crippen molar-refractivity contribution in [2.45, 2.75) is 26.3 Å². The number of hydrogen-bond acceptors (Lipinski definition) is 2. The van der Waals surface area contributed by atoms with Crippen LogP contribution in [-0.4, -0.2) is 23.9 Å². The van der Waals surface area contributed by atoms with Crippen molar-refractivity contribution in [3.8, 4) is 0 Å². The molecule has 0 saturated carbocycles. The van der Waals surface area contributed by atoms with E-state index >= 15 is 0 Å². The number of benzene rings is 2. The molecule has 1 heterocycles. The van der Waals surface area contributed by atoms with Crippen molar-refractivity contribution in [2.75, 3.05) is 18.4 Å². The Labute approximate surface area is 142 Å². The molecule has 2 aromatic carbocycles. The molecule has 0 unspecified atom stereocenters. The van der Waals surface area contributed by atoms with E-state index in [1.54, 1.807) is 12.1 Å². The van der Waals surface area contributed by atoms with E-state index in [9.17, 15) is 9.18 Å². The van der Waals surface area contributed by atoms with Crippen LogP contribution in [0.2, 0.25) is 0 Å². The Kier molecular flexibility index (Phi) is 5.26. The molecule has 0 atom stereocenters. The van der Waals surface area contributed by atoms with Gasteiger partial charge in [0.05, 0.1) is 0 Å². The van der Waals surface area contributed by atoms with Crippen molar-refractivity contribution in [2.24, 2.45) is 5.92 Å². The van der Waals surface area contributed by atoms with Gasteiger partial charge in [0.15, 0.2) is 0 Å². The van der Waals surface area contributed by atoms with Crippen molar-refractivity contribution in [1.29, 1.82) is 0 Å². The van der Waals surface area contributed by atoms with E-state index in [-0.39, 0.29) is 17.6 Å². The summed E-state index contributed by atoms with van der Waals surface area (Å²) in [5.74, 6) is -0.335. The number of rotatable bonds is 4. The quantitative estimate of drug-likeness (QED) is 0.921. The molecule has 1 aliphatic rings. The van der Waals surface area contributed by atoms with Gasteiger partial charge in [-0.1, -0.05) is 30.3 Å². The van der Waals surface area contributed by atoms with Crippen LogP contribution in [0, 0.1) is 18.7 Å².